The van der Waals surface area contributed by atoms with E-state index >= 15 is 0 Å². The van der Waals surface area contributed by atoms with Gasteiger partial charge in [0.05, 0.1) is 11.2 Å². The fraction of sp³-hybridized carbons (Fsp3) is 0.857. The molecule has 5 heteroatoms. The third-order valence-electron chi connectivity index (χ3n) is 3.75. The summed E-state index contributed by atoms with van der Waals surface area (Å²) in [5, 5.41) is 9.06. The molecule has 0 saturated carbocycles. The lowest BCUT2D eigenvalue weighted by molar-refractivity contribution is -0.148. The molecule has 1 saturated heterocycles. The van der Waals surface area contributed by atoms with Crippen molar-refractivity contribution >= 4 is 23.6 Å². The highest BCUT2D eigenvalue weighted by Gasteiger charge is 2.34. The van der Waals surface area contributed by atoms with E-state index in [-0.39, 0.29) is 23.0 Å². The third-order valence-corrected chi connectivity index (χ3v) is 4.97. The average molecular weight is 287 g/mol. The fourth-order valence-electron chi connectivity index (χ4n) is 2.45. The van der Waals surface area contributed by atoms with E-state index in [4.69, 9.17) is 5.11 Å². The summed E-state index contributed by atoms with van der Waals surface area (Å²) < 4.78 is 0. The number of aliphatic carboxylic acids is 1. The van der Waals surface area contributed by atoms with Crippen molar-refractivity contribution in [2.45, 2.75) is 45.3 Å². The normalized spacial score (nSPS) is 25.1. The first kappa shape index (κ1) is 16.3. The number of carbonyl (C=O) groups excluding carboxylic acids is 1. The second-order valence-electron chi connectivity index (χ2n) is 5.36. The molecule has 0 aromatic heterocycles. The molecule has 3 atom stereocenters. The maximum atomic E-state index is 12.3. The van der Waals surface area contributed by atoms with Crippen LogP contribution in [0.4, 0.5) is 0 Å². The maximum Gasteiger partial charge on any atom is 0.306 e. The van der Waals surface area contributed by atoms with Crippen molar-refractivity contribution in [3.63, 3.8) is 0 Å². The summed E-state index contributed by atoms with van der Waals surface area (Å²) in [6.07, 6.45) is 2.86. The van der Waals surface area contributed by atoms with Gasteiger partial charge in [0.1, 0.15) is 0 Å². The molecule has 0 radical (unpaired) electrons. The quantitative estimate of drug-likeness (QED) is 0.763. The molecule has 1 heterocycles. The predicted octanol–water partition coefficient (Wildman–Crippen LogP) is 2.48. The zero-order valence-electron chi connectivity index (χ0n) is 12.1. The minimum atomic E-state index is -0.732. The lowest BCUT2D eigenvalue weighted by Crippen LogP contribution is -2.47. The molecule has 1 aliphatic rings. The van der Waals surface area contributed by atoms with Gasteiger partial charge >= 0.3 is 5.97 Å². The van der Waals surface area contributed by atoms with Crippen molar-refractivity contribution in [2.24, 2.45) is 11.8 Å². The summed E-state index contributed by atoms with van der Waals surface area (Å²) in [7, 11) is 0. The van der Waals surface area contributed by atoms with E-state index in [9.17, 15) is 9.59 Å². The van der Waals surface area contributed by atoms with Crippen molar-refractivity contribution in [3.8, 4) is 0 Å². The number of rotatable bonds is 6. The minimum Gasteiger partial charge on any atom is -0.481 e. The third kappa shape index (κ3) is 4.71. The van der Waals surface area contributed by atoms with Crippen molar-refractivity contribution in [3.05, 3.63) is 0 Å². The molecule has 19 heavy (non-hydrogen) atoms. The number of hydrogen-bond acceptors (Lipinski definition) is 3. The Balaban J connectivity index is 2.44. The highest BCUT2D eigenvalue weighted by atomic mass is 32.2. The first-order valence-corrected chi connectivity index (χ1v) is 8.15. The average Bonchev–Trinajstić information content (AvgIpc) is 2.37. The van der Waals surface area contributed by atoms with Gasteiger partial charge in [-0.3, -0.25) is 9.59 Å². The van der Waals surface area contributed by atoms with Crippen LogP contribution in [0.3, 0.4) is 0 Å². The van der Waals surface area contributed by atoms with Gasteiger partial charge in [0.15, 0.2) is 0 Å². The molecular formula is C14H25NO3S. The van der Waals surface area contributed by atoms with Gasteiger partial charge in [0, 0.05) is 13.1 Å². The molecule has 1 amide bonds. The molecule has 4 nitrogen and oxygen atoms in total. The van der Waals surface area contributed by atoms with Crippen LogP contribution in [0.1, 0.15) is 40.0 Å². The lowest BCUT2D eigenvalue weighted by Gasteiger charge is -2.36. The fourth-order valence-corrected chi connectivity index (χ4v) is 3.55. The summed E-state index contributed by atoms with van der Waals surface area (Å²) in [4.78, 5) is 25.2. The van der Waals surface area contributed by atoms with E-state index in [1.54, 1.807) is 11.8 Å². The molecular weight excluding hydrogens is 262 g/mol. The van der Waals surface area contributed by atoms with Crippen LogP contribution in [0, 0.1) is 11.8 Å². The number of amides is 1. The molecule has 3 unspecified atom stereocenters. The van der Waals surface area contributed by atoms with E-state index < -0.39 is 5.97 Å². The standard InChI is InChI=1S/C14H25NO3S/c1-4-5-8-19-11(3)13(16)15-7-6-12(14(17)18)10(2)9-15/h10-12H,4-9H2,1-3H3,(H,17,18). The van der Waals surface area contributed by atoms with E-state index in [0.29, 0.717) is 19.5 Å². The second kappa shape index (κ2) is 7.78. The van der Waals surface area contributed by atoms with Gasteiger partial charge in [0.25, 0.3) is 0 Å². The Morgan fingerprint density at radius 1 is 1.47 bits per heavy atom. The zero-order valence-corrected chi connectivity index (χ0v) is 12.9. The first-order valence-electron chi connectivity index (χ1n) is 7.10. The topological polar surface area (TPSA) is 57.6 Å². The summed E-state index contributed by atoms with van der Waals surface area (Å²) in [5.74, 6) is 0.196. The molecule has 0 aromatic carbocycles. The molecule has 110 valence electrons. The van der Waals surface area contributed by atoms with Gasteiger partial charge in [0.2, 0.25) is 5.91 Å². The van der Waals surface area contributed by atoms with Gasteiger partial charge in [-0.05, 0) is 31.4 Å². The first-order chi connectivity index (χ1) is 8.97. The van der Waals surface area contributed by atoms with Crippen molar-refractivity contribution in [1.82, 2.24) is 4.90 Å². The summed E-state index contributed by atoms with van der Waals surface area (Å²) >= 11 is 1.70. The number of hydrogen-bond donors (Lipinski definition) is 1. The van der Waals surface area contributed by atoms with E-state index in [0.717, 1.165) is 18.6 Å². The van der Waals surface area contributed by atoms with Crippen LogP contribution in [-0.2, 0) is 9.59 Å². The van der Waals surface area contributed by atoms with Crippen LogP contribution in [0.25, 0.3) is 0 Å². The number of carboxylic acid groups (broad SMARTS) is 1. The number of carboxylic acids is 1. The number of likely N-dealkylation sites (tertiary alicyclic amines) is 1. The van der Waals surface area contributed by atoms with E-state index in [2.05, 4.69) is 6.92 Å². The van der Waals surface area contributed by atoms with Crippen LogP contribution in [0.15, 0.2) is 0 Å². The van der Waals surface area contributed by atoms with Gasteiger partial charge in [-0.2, -0.15) is 0 Å². The molecule has 0 aromatic rings. The van der Waals surface area contributed by atoms with Crippen molar-refractivity contribution in [1.29, 1.82) is 0 Å². The van der Waals surface area contributed by atoms with Gasteiger partial charge in [-0.1, -0.05) is 20.3 Å². The number of carbonyl (C=O) groups is 2. The van der Waals surface area contributed by atoms with Crippen LogP contribution in [0.2, 0.25) is 0 Å². The summed E-state index contributed by atoms with van der Waals surface area (Å²) in [5.41, 5.74) is 0. The van der Waals surface area contributed by atoms with Crippen LogP contribution >= 0.6 is 11.8 Å². The molecule has 0 aliphatic carbocycles. The second-order valence-corrected chi connectivity index (χ2v) is 6.81. The van der Waals surface area contributed by atoms with Gasteiger partial charge in [-0.25, -0.2) is 0 Å². The van der Waals surface area contributed by atoms with Crippen LogP contribution < -0.4 is 0 Å². The van der Waals surface area contributed by atoms with Crippen LogP contribution in [-0.4, -0.2) is 46.0 Å². The number of nitrogens with zero attached hydrogens (tertiary/aromatic N) is 1. The highest BCUT2D eigenvalue weighted by Crippen LogP contribution is 2.25. The predicted molar refractivity (Wildman–Crippen MR) is 78.3 cm³/mol. The number of thioether (sulfide) groups is 1. The monoisotopic (exact) mass is 287 g/mol. The van der Waals surface area contributed by atoms with Crippen molar-refractivity contribution < 1.29 is 14.7 Å². The zero-order chi connectivity index (χ0) is 14.4. The number of piperidine rings is 1. The Hall–Kier alpha value is -0.710. The Bertz CT molecular complexity index is 322. The van der Waals surface area contributed by atoms with E-state index in [1.165, 1.54) is 0 Å². The highest BCUT2D eigenvalue weighted by molar-refractivity contribution is 8.00. The summed E-state index contributed by atoms with van der Waals surface area (Å²) in [6, 6.07) is 0. The Morgan fingerprint density at radius 3 is 2.68 bits per heavy atom. The molecule has 1 aliphatic heterocycles. The molecule has 1 N–H and O–H groups in total. The minimum absolute atomic E-state index is 0.0138. The Kier molecular flexibility index (Phi) is 6.69. The molecule has 1 rings (SSSR count). The smallest absolute Gasteiger partial charge is 0.306 e. The van der Waals surface area contributed by atoms with Crippen LogP contribution in [0.5, 0.6) is 0 Å². The van der Waals surface area contributed by atoms with Crippen molar-refractivity contribution in [2.75, 3.05) is 18.8 Å². The lowest BCUT2D eigenvalue weighted by atomic mass is 9.87. The van der Waals surface area contributed by atoms with Gasteiger partial charge in [-0.15, -0.1) is 11.8 Å². The summed E-state index contributed by atoms with van der Waals surface area (Å²) in [6.45, 7) is 7.18. The maximum absolute atomic E-state index is 12.3. The molecule has 0 bridgehead atoms. The number of unbranched alkanes of at least 4 members (excludes halogenated alkanes) is 1. The Morgan fingerprint density at radius 2 is 2.16 bits per heavy atom. The molecule has 0 spiro atoms. The Labute approximate surface area is 119 Å². The van der Waals surface area contributed by atoms with E-state index in [1.807, 2.05) is 18.7 Å². The largest absolute Gasteiger partial charge is 0.481 e. The van der Waals surface area contributed by atoms with Gasteiger partial charge < -0.3 is 10.0 Å². The SMILES string of the molecule is CCCCSC(C)C(=O)N1CCC(C(=O)O)C(C)C1. The molecule has 1 fully saturated rings.